The molecule has 0 saturated heterocycles. The van der Waals surface area contributed by atoms with E-state index in [1.807, 2.05) is 10.7 Å². The van der Waals surface area contributed by atoms with Crippen LogP contribution in [0.1, 0.15) is 49.0 Å². The predicted octanol–water partition coefficient (Wildman–Crippen LogP) is 4.47. The molecule has 162 valence electrons. The Morgan fingerprint density at radius 2 is 1.84 bits per heavy atom. The maximum Gasteiger partial charge on any atom is 0.264 e. The van der Waals surface area contributed by atoms with Gasteiger partial charge < -0.3 is 5.32 Å². The molecule has 1 amide bonds. The third kappa shape index (κ3) is 4.34. The molecule has 31 heavy (non-hydrogen) atoms. The summed E-state index contributed by atoms with van der Waals surface area (Å²) in [5, 5.41) is 7.26. The van der Waals surface area contributed by atoms with Gasteiger partial charge in [0.1, 0.15) is 5.82 Å². The molecule has 0 bridgehead atoms. The van der Waals surface area contributed by atoms with E-state index in [-0.39, 0.29) is 22.9 Å². The first-order valence-corrected chi connectivity index (χ1v) is 12.0. The van der Waals surface area contributed by atoms with Crippen molar-refractivity contribution in [3.8, 4) is 0 Å². The first-order chi connectivity index (χ1) is 15.0. The Morgan fingerprint density at radius 3 is 2.55 bits per heavy atom. The maximum atomic E-state index is 13.3. The zero-order valence-corrected chi connectivity index (χ0v) is 18.3. The summed E-state index contributed by atoms with van der Waals surface area (Å²) in [5.74, 6) is 0.268. The highest BCUT2D eigenvalue weighted by molar-refractivity contribution is 7.92. The second-order valence-electron chi connectivity index (χ2n) is 7.59. The van der Waals surface area contributed by atoms with Crippen molar-refractivity contribution in [3.05, 3.63) is 72.4 Å². The first kappa shape index (κ1) is 21.1. The first-order valence-electron chi connectivity index (χ1n) is 10.5. The van der Waals surface area contributed by atoms with Gasteiger partial charge in [0.15, 0.2) is 0 Å². The van der Waals surface area contributed by atoms with E-state index < -0.39 is 10.0 Å². The summed E-state index contributed by atoms with van der Waals surface area (Å²) in [4.78, 5) is 13.0. The van der Waals surface area contributed by atoms with Crippen molar-refractivity contribution in [2.24, 2.45) is 0 Å². The highest BCUT2D eigenvalue weighted by atomic mass is 32.2. The van der Waals surface area contributed by atoms with E-state index >= 15 is 0 Å². The number of hydrogen-bond donors (Lipinski definition) is 1. The van der Waals surface area contributed by atoms with Crippen LogP contribution in [-0.2, 0) is 10.0 Å². The number of hydrogen-bond acceptors (Lipinski definition) is 4. The molecule has 0 unspecified atom stereocenters. The van der Waals surface area contributed by atoms with E-state index in [1.54, 1.807) is 55.6 Å². The minimum absolute atomic E-state index is 0.0788. The van der Waals surface area contributed by atoms with E-state index in [0.29, 0.717) is 17.5 Å². The minimum atomic E-state index is -3.81. The van der Waals surface area contributed by atoms with Crippen molar-refractivity contribution < 1.29 is 13.2 Å². The van der Waals surface area contributed by atoms with Gasteiger partial charge in [-0.05, 0) is 50.1 Å². The highest BCUT2D eigenvalue weighted by Gasteiger charge is 2.25. The molecule has 1 aliphatic carbocycles. The van der Waals surface area contributed by atoms with Crippen LogP contribution in [0.3, 0.4) is 0 Å². The summed E-state index contributed by atoms with van der Waals surface area (Å²) < 4.78 is 29.7. The Balaban J connectivity index is 1.58. The molecule has 1 aliphatic rings. The number of amides is 1. The van der Waals surface area contributed by atoms with E-state index in [9.17, 15) is 13.2 Å². The number of para-hydroxylation sites is 1. The molecule has 4 rings (SSSR count). The number of anilines is 2. The molecule has 1 fully saturated rings. The average molecular weight is 439 g/mol. The average Bonchev–Trinajstić information content (AvgIpc) is 3.47. The Bertz CT molecular complexity index is 1150. The quantitative estimate of drug-likeness (QED) is 0.590. The van der Waals surface area contributed by atoms with Gasteiger partial charge in [-0.2, -0.15) is 5.10 Å². The number of rotatable bonds is 7. The Morgan fingerprint density at radius 1 is 1.10 bits per heavy atom. The lowest BCUT2D eigenvalue weighted by Crippen LogP contribution is -2.31. The molecule has 0 aliphatic heterocycles. The van der Waals surface area contributed by atoms with Gasteiger partial charge in [0.05, 0.1) is 22.8 Å². The zero-order valence-electron chi connectivity index (χ0n) is 17.4. The molecule has 0 atom stereocenters. The number of aromatic nitrogens is 2. The number of nitrogens with zero attached hydrogens (tertiary/aromatic N) is 3. The predicted molar refractivity (Wildman–Crippen MR) is 121 cm³/mol. The molecule has 7 nitrogen and oxygen atoms in total. The number of nitrogens with one attached hydrogen (secondary N) is 1. The standard InChI is InChI=1S/C23H26N4O3S/c1-2-26(19-10-4-3-5-11-19)31(29,30)21-14-8-9-18(17-21)23(28)25-22-15-16-24-27(22)20-12-6-7-13-20/h3-5,8-11,14-17,20H,2,6-7,12-13H2,1H3,(H,25,28). The number of sulfonamides is 1. The van der Waals surface area contributed by atoms with Crippen LogP contribution in [0.25, 0.3) is 0 Å². The van der Waals surface area contributed by atoms with E-state index in [2.05, 4.69) is 10.4 Å². The van der Waals surface area contributed by atoms with Gasteiger partial charge in [-0.15, -0.1) is 0 Å². The Kier molecular flexibility index (Phi) is 6.08. The fourth-order valence-corrected chi connectivity index (χ4v) is 5.57. The third-order valence-corrected chi connectivity index (χ3v) is 7.50. The van der Waals surface area contributed by atoms with Crippen LogP contribution in [0.15, 0.2) is 71.8 Å². The molecule has 1 aromatic heterocycles. The fourth-order valence-electron chi connectivity index (χ4n) is 4.05. The molecule has 1 N–H and O–H groups in total. The van der Waals surface area contributed by atoms with E-state index in [4.69, 9.17) is 0 Å². The van der Waals surface area contributed by atoms with E-state index in [0.717, 1.165) is 25.7 Å². The molecule has 8 heteroatoms. The summed E-state index contributed by atoms with van der Waals surface area (Å²) in [7, 11) is -3.81. The zero-order chi connectivity index (χ0) is 21.8. The fraction of sp³-hybridized carbons (Fsp3) is 0.304. The topological polar surface area (TPSA) is 84.3 Å². The van der Waals surface area contributed by atoms with Gasteiger partial charge in [0.2, 0.25) is 0 Å². The van der Waals surface area contributed by atoms with Gasteiger partial charge in [0.25, 0.3) is 15.9 Å². The number of carbonyl (C=O) groups excluding carboxylic acids is 1. The van der Waals surface area contributed by atoms with Crippen molar-refractivity contribution in [1.29, 1.82) is 0 Å². The van der Waals surface area contributed by atoms with Crippen molar-refractivity contribution in [1.82, 2.24) is 9.78 Å². The van der Waals surface area contributed by atoms with Crippen LogP contribution in [0.2, 0.25) is 0 Å². The van der Waals surface area contributed by atoms with Gasteiger partial charge in [-0.25, -0.2) is 13.1 Å². The van der Waals surface area contributed by atoms with Crippen molar-refractivity contribution in [3.63, 3.8) is 0 Å². The molecular formula is C23H26N4O3S. The second kappa shape index (κ2) is 8.93. The van der Waals surface area contributed by atoms with Crippen molar-refractivity contribution >= 4 is 27.4 Å². The SMILES string of the molecule is CCN(c1ccccc1)S(=O)(=O)c1cccc(C(=O)Nc2ccnn2C2CCCC2)c1. The van der Waals surface area contributed by atoms with Crippen LogP contribution in [0.4, 0.5) is 11.5 Å². The van der Waals surface area contributed by atoms with Crippen LogP contribution in [0, 0.1) is 0 Å². The van der Waals surface area contributed by atoms with Crippen LogP contribution in [-0.4, -0.2) is 30.7 Å². The lowest BCUT2D eigenvalue weighted by atomic mass is 10.2. The molecular weight excluding hydrogens is 412 g/mol. The minimum Gasteiger partial charge on any atom is -0.307 e. The Labute approximate surface area is 182 Å². The normalized spacial score (nSPS) is 14.5. The summed E-state index contributed by atoms with van der Waals surface area (Å²) in [6.45, 7) is 2.06. The monoisotopic (exact) mass is 438 g/mol. The summed E-state index contributed by atoms with van der Waals surface area (Å²) in [6, 6.07) is 17.1. The van der Waals surface area contributed by atoms with Gasteiger partial charge in [-0.1, -0.05) is 37.1 Å². The third-order valence-electron chi connectivity index (χ3n) is 5.60. The van der Waals surface area contributed by atoms with Gasteiger partial charge >= 0.3 is 0 Å². The van der Waals surface area contributed by atoms with Crippen LogP contribution < -0.4 is 9.62 Å². The molecule has 0 spiro atoms. The Hall–Kier alpha value is -3.13. The van der Waals surface area contributed by atoms with Crippen molar-refractivity contribution in [2.75, 3.05) is 16.2 Å². The van der Waals surface area contributed by atoms with Crippen molar-refractivity contribution in [2.45, 2.75) is 43.5 Å². The highest BCUT2D eigenvalue weighted by Crippen LogP contribution is 2.31. The number of carbonyl (C=O) groups is 1. The van der Waals surface area contributed by atoms with Gasteiger partial charge in [-0.3, -0.25) is 9.10 Å². The number of benzene rings is 2. The van der Waals surface area contributed by atoms with Crippen LogP contribution in [0.5, 0.6) is 0 Å². The summed E-state index contributed by atoms with van der Waals surface area (Å²) in [5.41, 5.74) is 0.865. The van der Waals surface area contributed by atoms with Gasteiger partial charge in [0, 0.05) is 18.2 Å². The van der Waals surface area contributed by atoms with Crippen LogP contribution >= 0.6 is 0 Å². The van der Waals surface area contributed by atoms with E-state index in [1.165, 1.54) is 16.4 Å². The molecule has 2 aromatic carbocycles. The molecule has 3 aromatic rings. The maximum absolute atomic E-state index is 13.3. The lowest BCUT2D eigenvalue weighted by molar-refractivity contribution is 0.102. The summed E-state index contributed by atoms with van der Waals surface area (Å²) >= 11 is 0. The molecule has 0 radical (unpaired) electrons. The second-order valence-corrected chi connectivity index (χ2v) is 9.45. The lowest BCUT2D eigenvalue weighted by Gasteiger charge is -2.23. The largest absolute Gasteiger partial charge is 0.307 e. The summed E-state index contributed by atoms with van der Waals surface area (Å²) in [6.07, 6.45) is 6.09. The molecule has 1 heterocycles. The smallest absolute Gasteiger partial charge is 0.264 e. The molecule has 1 saturated carbocycles.